The summed E-state index contributed by atoms with van der Waals surface area (Å²) in [7, 11) is 0. The van der Waals surface area contributed by atoms with E-state index in [2.05, 4.69) is 39.8 Å². The molecule has 0 unspecified atom stereocenters. The third kappa shape index (κ3) is 2.00. The van der Waals surface area contributed by atoms with Crippen molar-refractivity contribution < 1.29 is 0 Å². The molecule has 1 aliphatic rings. The van der Waals surface area contributed by atoms with Crippen molar-refractivity contribution in [3.05, 3.63) is 51.0 Å². The Labute approximate surface area is 130 Å². The van der Waals surface area contributed by atoms with Gasteiger partial charge in [-0.05, 0) is 30.4 Å². The van der Waals surface area contributed by atoms with Gasteiger partial charge in [0, 0.05) is 25.9 Å². The number of hydrogen-bond donors (Lipinski definition) is 0. The first-order valence-electron chi connectivity index (χ1n) is 7.71. The van der Waals surface area contributed by atoms with Crippen LogP contribution in [0.15, 0.2) is 35.1 Å². The minimum Gasteiger partial charge on any atom is -0.289 e. The van der Waals surface area contributed by atoms with Crippen LogP contribution < -0.4 is 5.43 Å². The molecule has 0 radical (unpaired) electrons. The summed E-state index contributed by atoms with van der Waals surface area (Å²) in [4.78, 5) is 14.2. The van der Waals surface area contributed by atoms with E-state index in [0.717, 1.165) is 22.1 Å². The fourth-order valence-corrected chi connectivity index (χ4v) is 5.43. The van der Waals surface area contributed by atoms with Crippen LogP contribution in [-0.2, 0) is 5.41 Å². The molecule has 1 nitrogen and oxygen atoms in total. The van der Waals surface area contributed by atoms with Gasteiger partial charge in [-0.3, -0.25) is 4.79 Å². The molecule has 1 aliphatic carbocycles. The van der Waals surface area contributed by atoms with Crippen LogP contribution in [0.2, 0.25) is 0 Å². The molecule has 110 valence electrons. The van der Waals surface area contributed by atoms with E-state index in [1.807, 2.05) is 35.6 Å². The van der Waals surface area contributed by atoms with Crippen LogP contribution in [0.4, 0.5) is 0 Å². The van der Waals surface area contributed by atoms with E-state index < -0.39 is 0 Å². The number of allylic oxidation sites excluding steroid dienone is 1. The van der Waals surface area contributed by atoms with Crippen molar-refractivity contribution in [3.63, 3.8) is 0 Å². The molecule has 2 heteroatoms. The predicted molar refractivity (Wildman–Crippen MR) is 93.1 cm³/mol. The maximum absolute atomic E-state index is 12.9. The SMILES string of the molecule is CC(C)C1(C(C)C)CC=Cc2c1sc1ccccc1c2=O. The molecule has 0 saturated carbocycles. The lowest BCUT2D eigenvalue weighted by atomic mass is 9.63. The Morgan fingerprint density at radius 3 is 2.43 bits per heavy atom. The summed E-state index contributed by atoms with van der Waals surface area (Å²) in [5, 5.41) is 0.856. The molecule has 0 saturated heterocycles. The van der Waals surface area contributed by atoms with Crippen LogP contribution in [0.5, 0.6) is 0 Å². The fourth-order valence-electron chi connectivity index (χ4n) is 3.78. The molecule has 3 rings (SSSR count). The molecule has 1 aromatic heterocycles. The number of fused-ring (bicyclic) bond motifs is 2. The van der Waals surface area contributed by atoms with Gasteiger partial charge in [-0.15, -0.1) is 11.3 Å². The number of hydrogen-bond acceptors (Lipinski definition) is 2. The molecule has 0 amide bonds. The van der Waals surface area contributed by atoms with Crippen LogP contribution in [0.1, 0.15) is 44.6 Å². The summed E-state index contributed by atoms with van der Waals surface area (Å²) in [6, 6.07) is 8.00. The van der Waals surface area contributed by atoms with Crippen LogP contribution >= 0.6 is 11.3 Å². The Morgan fingerprint density at radius 1 is 1.10 bits per heavy atom. The topological polar surface area (TPSA) is 17.1 Å². The minimum atomic E-state index is 0.0813. The second kappa shape index (κ2) is 5.10. The minimum absolute atomic E-state index is 0.0813. The van der Waals surface area contributed by atoms with Crippen LogP contribution in [0.25, 0.3) is 16.2 Å². The summed E-state index contributed by atoms with van der Waals surface area (Å²) in [5.41, 5.74) is 1.20. The second-order valence-electron chi connectivity index (χ2n) is 6.63. The average molecular weight is 298 g/mol. The Kier molecular flexibility index (Phi) is 3.53. The monoisotopic (exact) mass is 298 g/mol. The molecule has 2 aromatic rings. The number of benzene rings is 1. The van der Waals surface area contributed by atoms with Gasteiger partial charge in [-0.1, -0.05) is 52.0 Å². The molecule has 0 atom stereocenters. The van der Waals surface area contributed by atoms with E-state index in [0.29, 0.717) is 11.8 Å². The predicted octanol–water partition coefficient (Wildman–Crippen LogP) is 5.23. The second-order valence-corrected chi connectivity index (χ2v) is 7.68. The summed E-state index contributed by atoms with van der Waals surface area (Å²) < 4.78 is 1.11. The van der Waals surface area contributed by atoms with Crippen LogP contribution in [0, 0.1) is 11.8 Å². The smallest absolute Gasteiger partial charge is 0.195 e. The van der Waals surface area contributed by atoms with Gasteiger partial charge in [0.2, 0.25) is 0 Å². The van der Waals surface area contributed by atoms with E-state index in [1.165, 1.54) is 4.88 Å². The first-order chi connectivity index (χ1) is 9.98. The highest BCUT2D eigenvalue weighted by Crippen LogP contribution is 2.48. The lowest BCUT2D eigenvalue weighted by Gasteiger charge is -2.43. The highest BCUT2D eigenvalue weighted by molar-refractivity contribution is 7.18. The van der Waals surface area contributed by atoms with Crippen molar-refractivity contribution in [2.45, 2.75) is 39.5 Å². The molecule has 21 heavy (non-hydrogen) atoms. The van der Waals surface area contributed by atoms with E-state index >= 15 is 0 Å². The average Bonchev–Trinajstić information content (AvgIpc) is 2.46. The maximum atomic E-state index is 12.9. The van der Waals surface area contributed by atoms with Gasteiger partial charge in [0.25, 0.3) is 0 Å². The standard InChI is InChI=1S/C19H22OS/c1-12(2)19(13(3)4)11-7-9-15-17(20)14-8-5-6-10-16(14)21-18(15)19/h5-10,12-13H,11H2,1-4H3. The van der Waals surface area contributed by atoms with Crippen LogP contribution in [0.3, 0.4) is 0 Å². The largest absolute Gasteiger partial charge is 0.289 e. The first kappa shape index (κ1) is 14.5. The molecule has 0 bridgehead atoms. The fraction of sp³-hybridized carbons (Fsp3) is 0.421. The first-order valence-corrected chi connectivity index (χ1v) is 8.53. The lowest BCUT2D eigenvalue weighted by Crippen LogP contribution is -2.40. The molecular weight excluding hydrogens is 276 g/mol. The van der Waals surface area contributed by atoms with Gasteiger partial charge in [-0.2, -0.15) is 0 Å². The summed E-state index contributed by atoms with van der Waals surface area (Å²) in [6.45, 7) is 9.15. The van der Waals surface area contributed by atoms with Crippen LogP contribution in [-0.4, -0.2) is 0 Å². The van der Waals surface area contributed by atoms with Crippen molar-refractivity contribution >= 4 is 27.5 Å². The Hall–Kier alpha value is -1.41. The van der Waals surface area contributed by atoms with Gasteiger partial charge >= 0.3 is 0 Å². The Morgan fingerprint density at radius 2 is 1.76 bits per heavy atom. The van der Waals surface area contributed by atoms with E-state index in [4.69, 9.17) is 0 Å². The Balaban J connectivity index is 2.42. The highest BCUT2D eigenvalue weighted by Gasteiger charge is 2.42. The van der Waals surface area contributed by atoms with Gasteiger partial charge < -0.3 is 0 Å². The molecule has 1 aromatic carbocycles. The zero-order valence-electron chi connectivity index (χ0n) is 13.1. The molecule has 0 spiro atoms. The van der Waals surface area contributed by atoms with Crippen molar-refractivity contribution in [1.82, 2.24) is 0 Å². The third-order valence-corrected chi connectivity index (χ3v) is 6.44. The highest BCUT2D eigenvalue weighted by atomic mass is 32.1. The van der Waals surface area contributed by atoms with Crippen molar-refractivity contribution in [1.29, 1.82) is 0 Å². The molecule has 0 aliphatic heterocycles. The third-order valence-electron chi connectivity index (χ3n) is 5.06. The van der Waals surface area contributed by atoms with Gasteiger partial charge in [0.15, 0.2) is 5.43 Å². The Bertz CT molecular complexity index is 757. The summed E-state index contributed by atoms with van der Waals surface area (Å²) in [6.07, 6.45) is 5.28. The molecule has 0 fully saturated rings. The quantitative estimate of drug-likeness (QED) is 0.742. The zero-order chi connectivity index (χ0) is 15.2. The maximum Gasteiger partial charge on any atom is 0.195 e. The number of rotatable bonds is 2. The summed E-state index contributed by atoms with van der Waals surface area (Å²) >= 11 is 1.82. The summed E-state index contributed by atoms with van der Waals surface area (Å²) in [5.74, 6) is 1.02. The van der Waals surface area contributed by atoms with Gasteiger partial charge in [0.05, 0.1) is 0 Å². The zero-order valence-corrected chi connectivity index (χ0v) is 14.0. The van der Waals surface area contributed by atoms with Crippen molar-refractivity contribution in [3.8, 4) is 0 Å². The lowest BCUT2D eigenvalue weighted by molar-refractivity contribution is 0.223. The van der Waals surface area contributed by atoms with Crippen molar-refractivity contribution in [2.75, 3.05) is 0 Å². The molecule has 0 N–H and O–H groups in total. The van der Waals surface area contributed by atoms with Gasteiger partial charge in [-0.25, -0.2) is 0 Å². The van der Waals surface area contributed by atoms with Gasteiger partial charge in [0.1, 0.15) is 0 Å². The molecular formula is C19H22OS. The van der Waals surface area contributed by atoms with E-state index in [9.17, 15) is 4.79 Å². The molecule has 1 heterocycles. The van der Waals surface area contributed by atoms with E-state index in [1.54, 1.807) is 0 Å². The van der Waals surface area contributed by atoms with E-state index in [-0.39, 0.29) is 10.8 Å². The normalized spacial score (nSPS) is 16.7. The van der Waals surface area contributed by atoms with Crippen molar-refractivity contribution in [2.24, 2.45) is 11.8 Å².